The second kappa shape index (κ2) is 6.84. The fourth-order valence-electron chi connectivity index (χ4n) is 4.08. The standard InChI is InChI=1S/C22H18F3N5O2/c1-11-27-9-17-20(26)28-15-6-3-12(7-16(15)30(11)17)21(31)29(2)18-10-32-19-8-13(22(23,24)25)4-5-14(18)19/h3-9,18H,10H2,1-2H3,(H2,26,28)/t18-/m1/s1. The molecule has 1 amide bonds. The molecule has 0 saturated carbocycles. The molecule has 0 unspecified atom stereocenters. The zero-order valence-electron chi connectivity index (χ0n) is 17.1. The van der Waals surface area contributed by atoms with E-state index in [-0.39, 0.29) is 18.3 Å². The first-order valence-electron chi connectivity index (χ1n) is 9.79. The monoisotopic (exact) mass is 441 g/mol. The van der Waals surface area contributed by atoms with E-state index in [1.54, 1.807) is 31.4 Å². The van der Waals surface area contributed by atoms with Gasteiger partial charge in [-0.1, -0.05) is 6.07 Å². The van der Waals surface area contributed by atoms with Crippen molar-refractivity contribution in [3.8, 4) is 5.75 Å². The van der Waals surface area contributed by atoms with Crippen LogP contribution < -0.4 is 10.5 Å². The lowest BCUT2D eigenvalue weighted by atomic mass is 10.0. The summed E-state index contributed by atoms with van der Waals surface area (Å²) >= 11 is 0. The van der Waals surface area contributed by atoms with Crippen LogP contribution in [0.3, 0.4) is 0 Å². The average molecular weight is 441 g/mol. The molecule has 1 aliphatic heterocycles. The van der Waals surface area contributed by atoms with Crippen molar-refractivity contribution in [2.75, 3.05) is 19.4 Å². The van der Waals surface area contributed by atoms with Gasteiger partial charge in [-0.05, 0) is 37.3 Å². The van der Waals surface area contributed by atoms with Crippen LogP contribution in [0.25, 0.3) is 16.6 Å². The number of anilines is 1. The molecule has 2 N–H and O–H groups in total. The lowest BCUT2D eigenvalue weighted by molar-refractivity contribution is -0.137. The number of nitrogens with two attached hydrogens (primary N) is 1. The summed E-state index contributed by atoms with van der Waals surface area (Å²) in [7, 11) is 1.60. The summed E-state index contributed by atoms with van der Waals surface area (Å²) in [5, 5.41) is 0. The summed E-state index contributed by atoms with van der Waals surface area (Å²) < 4.78 is 46.3. The molecule has 0 aliphatic carbocycles. The van der Waals surface area contributed by atoms with Gasteiger partial charge in [-0.25, -0.2) is 9.97 Å². The van der Waals surface area contributed by atoms with E-state index in [2.05, 4.69) is 9.97 Å². The fraction of sp³-hybridized carbons (Fsp3) is 0.227. The third-order valence-electron chi connectivity index (χ3n) is 5.79. The second-order valence-electron chi connectivity index (χ2n) is 7.72. The molecule has 2 aromatic carbocycles. The Balaban J connectivity index is 1.51. The number of benzene rings is 2. The summed E-state index contributed by atoms with van der Waals surface area (Å²) in [5.74, 6) is 0.886. The number of aromatic nitrogens is 3. The summed E-state index contributed by atoms with van der Waals surface area (Å²) in [4.78, 5) is 23.4. The van der Waals surface area contributed by atoms with E-state index in [0.717, 1.165) is 12.1 Å². The lowest BCUT2D eigenvalue weighted by Crippen LogP contribution is -2.32. The number of rotatable bonds is 2. The van der Waals surface area contributed by atoms with Gasteiger partial charge in [-0.2, -0.15) is 13.2 Å². The van der Waals surface area contributed by atoms with Crippen LogP contribution in [0.4, 0.5) is 19.0 Å². The van der Waals surface area contributed by atoms with E-state index in [4.69, 9.17) is 10.5 Å². The number of ether oxygens (including phenoxy) is 1. The van der Waals surface area contributed by atoms with Crippen LogP contribution >= 0.6 is 0 Å². The minimum atomic E-state index is -4.46. The number of hydrogen-bond donors (Lipinski definition) is 1. The summed E-state index contributed by atoms with van der Waals surface area (Å²) in [6.07, 6.45) is -2.84. The van der Waals surface area contributed by atoms with E-state index in [1.807, 2.05) is 11.3 Å². The van der Waals surface area contributed by atoms with Crippen molar-refractivity contribution >= 4 is 28.3 Å². The number of nitrogen functional groups attached to an aromatic ring is 1. The van der Waals surface area contributed by atoms with Crippen molar-refractivity contribution in [1.82, 2.24) is 19.3 Å². The molecular formula is C22H18F3N5O2. The molecule has 2 aromatic heterocycles. The van der Waals surface area contributed by atoms with Crippen molar-refractivity contribution in [3.05, 3.63) is 65.1 Å². The quantitative estimate of drug-likeness (QED) is 0.508. The third-order valence-corrected chi connectivity index (χ3v) is 5.79. The third kappa shape index (κ3) is 3.02. The van der Waals surface area contributed by atoms with Gasteiger partial charge in [-0.3, -0.25) is 9.20 Å². The van der Waals surface area contributed by atoms with E-state index < -0.39 is 17.8 Å². The maximum atomic E-state index is 13.3. The smallest absolute Gasteiger partial charge is 0.416 e. The number of amides is 1. The Labute approximate surface area is 180 Å². The van der Waals surface area contributed by atoms with Crippen LogP contribution in [0.2, 0.25) is 0 Å². The Kier molecular flexibility index (Phi) is 4.30. The van der Waals surface area contributed by atoms with Gasteiger partial charge in [0.1, 0.15) is 29.5 Å². The molecule has 3 heterocycles. The maximum Gasteiger partial charge on any atom is 0.416 e. The second-order valence-corrected chi connectivity index (χ2v) is 7.72. The molecule has 1 atom stereocenters. The van der Waals surface area contributed by atoms with Gasteiger partial charge in [0.15, 0.2) is 0 Å². The minimum absolute atomic E-state index is 0.0788. The molecule has 0 spiro atoms. The predicted molar refractivity (Wildman–Crippen MR) is 111 cm³/mol. The first kappa shape index (κ1) is 20.1. The SMILES string of the molecule is Cc1ncc2c(N)nc3ccc(C(=O)N(C)[C@@H]4COc5cc(C(F)(F)F)ccc54)cc3n12. The molecule has 4 aromatic rings. The maximum absolute atomic E-state index is 13.3. The van der Waals surface area contributed by atoms with Crippen LogP contribution in [-0.4, -0.2) is 38.8 Å². The van der Waals surface area contributed by atoms with Crippen LogP contribution in [-0.2, 0) is 6.18 Å². The largest absolute Gasteiger partial charge is 0.491 e. The molecule has 1 aliphatic rings. The van der Waals surface area contributed by atoms with Gasteiger partial charge in [-0.15, -0.1) is 0 Å². The lowest BCUT2D eigenvalue weighted by Gasteiger charge is -2.24. The van der Waals surface area contributed by atoms with Gasteiger partial charge in [0.25, 0.3) is 5.91 Å². The number of nitrogens with zero attached hydrogens (tertiary/aromatic N) is 4. The molecule has 32 heavy (non-hydrogen) atoms. The molecular weight excluding hydrogens is 423 g/mol. The summed E-state index contributed by atoms with van der Waals surface area (Å²) in [6.45, 7) is 1.91. The van der Waals surface area contributed by atoms with Crippen molar-refractivity contribution in [2.24, 2.45) is 0 Å². The van der Waals surface area contributed by atoms with Crippen molar-refractivity contribution in [1.29, 1.82) is 0 Å². The van der Waals surface area contributed by atoms with E-state index in [1.165, 1.54) is 11.0 Å². The Morgan fingerprint density at radius 1 is 1.22 bits per heavy atom. The average Bonchev–Trinajstić information content (AvgIpc) is 3.36. The minimum Gasteiger partial charge on any atom is -0.491 e. The van der Waals surface area contributed by atoms with Gasteiger partial charge in [0, 0.05) is 18.2 Å². The van der Waals surface area contributed by atoms with Gasteiger partial charge < -0.3 is 15.4 Å². The Bertz CT molecular complexity index is 1400. The highest BCUT2D eigenvalue weighted by atomic mass is 19.4. The van der Waals surface area contributed by atoms with Crippen LogP contribution in [0.5, 0.6) is 5.75 Å². The zero-order valence-corrected chi connectivity index (χ0v) is 17.1. The van der Waals surface area contributed by atoms with Crippen LogP contribution in [0.15, 0.2) is 42.6 Å². The summed E-state index contributed by atoms with van der Waals surface area (Å²) in [6, 6.07) is 7.91. The van der Waals surface area contributed by atoms with Gasteiger partial charge in [0.05, 0.1) is 28.8 Å². The first-order chi connectivity index (χ1) is 15.1. The Morgan fingerprint density at radius 2 is 2.00 bits per heavy atom. The number of likely N-dealkylation sites (N-methyl/N-ethyl adjacent to an activating group) is 1. The predicted octanol–water partition coefficient (Wildman–Crippen LogP) is 4.00. The normalized spacial score (nSPS) is 15.7. The van der Waals surface area contributed by atoms with Crippen molar-refractivity contribution in [2.45, 2.75) is 19.1 Å². The molecule has 10 heteroatoms. The molecule has 7 nitrogen and oxygen atoms in total. The molecule has 5 rings (SSSR count). The van der Waals surface area contributed by atoms with Gasteiger partial charge in [0.2, 0.25) is 0 Å². The number of carbonyl (C=O) groups excluding carboxylic acids is 1. The number of carbonyl (C=O) groups is 1. The number of alkyl halides is 3. The number of halogens is 3. The topological polar surface area (TPSA) is 85.8 Å². The number of aryl methyl sites for hydroxylation is 1. The zero-order chi connectivity index (χ0) is 22.8. The summed E-state index contributed by atoms with van der Waals surface area (Å²) in [5.41, 5.74) is 8.12. The molecule has 0 saturated heterocycles. The highest BCUT2D eigenvalue weighted by Gasteiger charge is 2.36. The van der Waals surface area contributed by atoms with Crippen LogP contribution in [0, 0.1) is 6.92 Å². The molecule has 0 radical (unpaired) electrons. The first-order valence-corrected chi connectivity index (χ1v) is 9.79. The number of fused-ring (bicyclic) bond motifs is 4. The van der Waals surface area contributed by atoms with E-state index in [9.17, 15) is 18.0 Å². The number of imidazole rings is 1. The Morgan fingerprint density at radius 3 is 2.75 bits per heavy atom. The Hall–Kier alpha value is -3.82. The van der Waals surface area contributed by atoms with E-state index in [0.29, 0.717) is 39.3 Å². The molecule has 164 valence electrons. The fourth-order valence-corrected chi connectivity index (χ4v) is 4.08. The molecule has 0 bridgehead atoms. The van der Waals surface area contributed by atoms with Crippen molar-refractivity contribution in [3.63, 3.8) is 0 Å². The highest BCUT2D eigenvalue weighted by molar-refractivity contribution is 5.98. The van der Waals surface area contributed by atoms with Crippen LogP contribution in [0.1, 0.15) is 33.4 Å². The van der Waals surface area contributed by atoms with Crippen molar-refractivity contribution < 1.29 is 22.7 Å². The highest BCUT2D eigenvalue weighted by Crippen LogP contribution is 2.40. The molecule has 0 fully saturated rings. The number of hydrogen-bond acceptors (Lipinski definition) is 5. The van der Waals surface area contributed by atoms with E-state index >= 15 is 0 Å². The van der Waals surface area contributed by atoms with Gasteiger partial charge >= 0.3 is 6.18 Å².